The van der Waals surface area contributed by atoms with E-state index in [9.17, 15) is 9.59 Å². The minimum absolute atomic E-state index is 0.133. The standard InChI is InChI=1S/C16H11N3O3S/c1-9-12-14(23-13(9)16(21)22)18-8-19(15(12)20)7-11-4-2-3-10(5-11)6-17/h2-5,8H,7H2,1H3,(H,21,22). The molecule has 6 nitrogen and oxygen atoms in total. The SMILES string of the molecule is Cc1c(C(=O)O)sc2ncn(Cc3cccc(C#N)c3)c(=O)c12. The molecule has 2 aromatic heterocycles. The summed E-state index contributed by atoms with van der Waals surface area (Å²) in [5.74, 6) is -1.06. The first-order valence-electron chi connectivity index (χ1n) is 6.72. The van der Waals surface area contributed by atoms with Gasteiger partial charge in [0.2, 0.25) is 0 Å². The Bertz CT molecular complexity index is 1030. The van der Waals surface area contributed by atoms with Gasteiger partial charge >= 0.3 is 5.97 Å². The van der Waals surface area contributed by atoms with Crippen molar-refractivity contribution in [2.24, 2.45) is 0 Å². The second-order valence-corrected chi connectivity index (χ2v) is 6.03. The number of hydrogen-bond donors (Lipinski definition) is 1. The summed E-state index contributed by atoms with van der Waals surface area (Å²) >= 11 is 1.00. The topological polar surface area (TPSA) is 96.0 Å². The molecule has 23 heavy (non-hydrogen) atoms. The highest BCUT2D eigenvalue weighted by molar-refractivity contribution is 7.20. The van der Waals surface area contributed by atoms with Crippen LogP contribution >= 0.6 is 11.3 Å². The third-order valence-corrected chi connectivity index (χ3v) is 4.71. The molecule has 3 rings (SSSR count). The smallest absolute Gasteiger partial charge is 0.346 e. The summed E-state index contributed by atoms with van der Waals surface area (Å²) in [5.41, 5.74) is 1.48. The lowest BCUT2D eigenvalue weighted by Gasteiger charge is -2.06. The average Bonchev–Trinajstić information content (AvgIpc) is 2.88. The van der Waals surface area contributed by atoms with E-state index in [2.05, 4.69) is 11.1 Å². The Morgan fingerprint density at radius 3 is 2.96 bits per heavy atom. The Morgan fingerprint density at radius 2 is 2.26 bits per heavy atom. The summed E-state index contributed by atoms with van der Waals surface area (Å²) in [6.45, 7) is 1.89. The number of hydrogen-bond acceptors (Lipinski definition) is 5. The number of carboxylic acids is 1. The molecule has 0 bridgehead atoms. The molecule has 1 N–H and O–H groups in total. The minimum atomic E-state index is -1.06. The number of aromatic nitrogens is 2. The monoisotopic (exact) mass is 325 g/mol. The highest BCUT2D eigenvalue weighted by atomic mass is 32.1. The number of nitrogens with zero attached hydrogens (tertiary/aromatic N) is 3. The molecule has 1 aromatic carbocycles. The lowest BCUT2D eigenvalue weighted by molar-refractivity contribution is 0.0701. The Hall–Kier alpha value is -2.98. The maximum Gasteiger partial charge on any atom is 0.346 e. The summed E-state index contributed by atoms with van der Waals surface area (Å²) in [7, 11) is 0. The molecule has 0 atom stereocenters. The van der Waals surface area contributed by atoms with Crippen molar-refractivity contribution in [3.63, 3.8) is 0 Å². The zero-order chi connectivity index (χ0) is 16.6. The first kappa shape index (κ1) is 14.9. The van der Waals surface area contributed by atoms with Crippen molar-refractivity contribution in [1.82, 2.24) is 9.55 Å². The van der Waals surface area contributed by atoms with E-state index in [0.29, 0.717) is 21.3 Å². The number of rotatable bonds is 3. The molecule has 0 aliphatic heterocycles. The van der Waals surface area contributed by atoms with E-state index >= 15 is 0 Å². The summed E-state index contributed by atoms with van der Waals surface area (Å²) < 4.78 is 1.42. The summed E-state index contributed by atoms with van der Waals surface area (Å²) in [6, 6.07) is 9.03. The van der Waals surface area contributed by atoms with Gasteiger partial charge in [0.25, 0.3) is 5.56 Å². The third-order valence-electron chi connectivity index (χ3n) is 3.52. The van der Waals surface area contributed by atoms with E-state index in [-0.39, 0.29) is 17.0 Å². The summed E-state index contributed by atoms with van der Waals surface area (Å²) in [5, 5.41) is 18.4. The van der Waals surface area contributed by atoms with Gasteiger partial charge in [-0.25, -0.2) is 9.78 Å². The van der Waals surface area contributed by atoms with Crippen LogP contribution in [0, 0.1) is 18.3 Å². The quantitative estimate of drug-likeness (QED) is 0.797. The van der Waals surface area contributed by atoms with E-state index in [0.717, 1.165) is 16.9 Å². The number of thiophene rings is 1. The van der Waals surface area contributed by atoms with Crippen LogP contribution in [0.3, 0.4) is 0 Å². The van der Waals surface area contributed by atoms with Gasteiger partial charge in [-0.1, -0.05) is 12.1 Å². The number of fused-ring (bicyclic) bond motifs is 1. The van der Waals surface area contributed by atoms with E-state index in [1.807, 2.05) is 6.07 Å². The van der Waals surface area contributed by atoms with Crippen molar-refractivity contribution >= 4 is 27.5 Å². The van der Waals surface area contributed by atoms with Crippen LogP contribution in [0.25, 0.3) is 10.2 Å². The number of carbonyl (C=O) groups is 1. The van der Waals surface area contributed by atoms with Crippen LogP contribution in [0.15, 0.2) is 35.4 Å². The van der Waals surface area contributed by atoms with E-state index in [1.54, 1.807) is 25.1 Å². The highest BCUT2D eigenvalue weighted by Gasteiger charge is 2.18. The van der Waals surface area contributed by atoms with Crippen LogP contribution in [0.2, 0.25) is 0 Å². The molecule has 0 aliphatic rings. The number of benzene rings is 1. The first-order chi connectivity index (χ1) is 11.0. The van der Waals surface area contributed by atoms with Crippen LogP contribution in [-0.2, 0) is 6.54 Å². The fourth-order valence-corrected chi connectivity index (χ4v) is 3.39. The van der Waals surface area contributed by atoms with Gasteiger partial charge in [-0.3, -0.25) is 9.36 Å². The largest absolute Gasteiger partial charge is 0.477 e. The van der Waals surface area contributed by atoms with Crippen LogP contribution in [0.1, 0.15) is 26.4 Å². The number of aryl methyl sites for hydroxylation is 1. The van der Waals surface area contributed by atoms with Crippen molar-refractivity contribution in [3.05, 3.63) is 62.5 Å². The number of carboxylic acid groups (broad SMARTS) is 1. The molecule has 0 fully saturated rings. The van der Waals surface area contributed by atoms with Crippen molar-refractivity contribution in [1.29, 1.82) is 5.26 Å². The van der Waals surface area contributed by atoms with Gasteiger partial charge < -0.3 is 5.11 Å². The lowest BCUT2D eigenvalue weighted by atomic mass is 10.1. The molecule has 7 heteroatoms. The van der Waals surface area contributed by atoms with Gasteiger partial charge in [0.05, 0.1) is 29.9 Å². The number of aromatic carboxylic acids is 1. The van der Waals surface area contributed by atoms with Gasteiger partial charge in [-0.2, -0.15) is 5.26 Å². The molecular weight excluding hydrogens is 314 g/mol. The Balaban J connectivity index is 2.11. The fourth-order valence-electron chi connectivity index (χ4n) is 2.41. The van der Waals surface area contributed by atoms with E-state index in [1.165, 1.54) is 10.9 Å². The fraction of sp³-hybridized carbons (Fsp3) is 0.125. The van der Waals surface area contributed by atoms with Crippen LogP contribution in [-0.4, -0.2) is 20.6 Å². The van der Waals surface area contributed by atoms with Crippen LogP contribution < -0.4 is 5.56 Å². The molecule has 0 radical (unpaired) electrons. The maximum atomic E-state index is 12.6. The van der Waals surface area contributed by atoms with Gasteiger partial charge in [0.15, 0.2) is 0 Å². The van der Waals surface area contributed by atoms with Crippen molar-refractivity contribution < 1.29 is 9.90 Å². The zero-order valence-electron chi connectivity index (χ0n) is 12.1. The number of nitriles is 1. The molecule has 0 saturated carbocycles. The van der Waals surface area contributed by atoms with E-state index < -0.39 is 5.97 Å². The Labute approximate surface area is 134 Å². The molecule has 0 amide bonds. The summed E-state index contributed by atoms with van der Waals surface area (Å²) in [4.78, 5) is 28.6. The second kappa shape index (κ2) is 5.66. The molecular formula is C16H11N3O3S. The van der Waals surface area contributed by atoms with Crippen molar-refractivity contribution in [2.45, 2.75) is 13.5 Å². The Morgan fingerprint density at radius 1 is 1.48 bits per heavy atom. The molecule has 3 aromatic rings. The van der Waals surface area contributed by atoms with E-state index in [4.69, 9.17) is 10.4 Å². The second-order valence-electron chi connectivity index (χ2n) is 5.03. The minimum Gasteiger partial charge on any atom is -0.477 e. The predicted molar refractivity (Wildman–Crippen MR) is 85.8 cm³/mol. The predicted octanol–water partition coefficient (Wildman–Crippen LogP) is 2.38. The average molecular weight is 325 g/mol. The highest BCUT2D eigenvalue weighted by Crippen LogP contribution is 2.26. The maximum absolute atomic E-state index is 12.6. The van der Waals surface area contributed by atoms with Crippen molar-refractivity contribution in [2.75, 3.05) is 0 Å². The van der Waals surface area contributed by atoms with Gasteiger partial charge in [0, 0.05) is 0 Å². The lowest BCUT2D eigenvalue weighted by Crippen LogP contribution is -2.21. The van der Waals surface area contributed by atoms with Crippen LogP contribution in [0.5, 0.6) is 0 Å². The van der Waals surface area contributed by atoms with Crippen molar-refractivity contribution in [3.8, 4) is 6.07 Å². The van der Waals surface area contributed by atoms with Gasteiger partial charge in [-0.05, 0) is 30.2 Å². The molecule has 0 spiro atoms. The summed E-state index contributed by atoms with van der Waals surface area (Å²) in [6.07, 6.45) is 1.41. The van der Waals surface area contributed by atoms with Crippen LogP contribution in [0.4, 0.5) is 0 Å². The molecule has 0 aliphatic carbocycles. The van der Waals surface area contributed by atoms with Gasteiger partial charge in [-0.15, -0.1) is 11.3 Å². The third kappa shape index (κ3) is 2.60. The molecule has 2 heterocycles. The molecule has 0 unspecified atom stereocenters. The normalized spacial score (nSPS) is 10.6. The first-order valence-corrected chi connectivity index (χ1v) is 7.53. The van der Waals surface area contributed by atoms with Gasteiger partial charge in [0.1, 0.15) is 9.71 Å². The molecule has 0 saturated heterocycles. The zero-order valence-corrected chi connectivity index (χ0v) is 12.9. The Kier molecular flexibility index (Phi) is 3.68. The molecule has 114 valence electrons.